The lowest BCUT2D eigenvalue weighted by molar-refractivity contribution is -0.137. The van der Waals surface area contributed by atoms with Gasteiger partial charge in [-0.2, -0.15) is 0 Å². The van der Waals surface area contributed by atoms with Crippen LogP contribution in [0.4, 0.5) is 0 Å². The number of carboxylic acid groups (broad SMARTS) is 1. The summed E-state index contributed by atoms with van der Waals surface area (Å²) in [5, 5.41) is 19.1. The summed E-state index contributed by atoms with van der Waals surface area (Å²) in [6.07, 6.45) is 20.3. The number of unbranched alkanes of at least 4 members (excludes halogenated alkanes) is 3. The largest absolute Gasteiger partial charge is 0.481 e. The van der Waals surface area contributed by atoms with Crippen LogP contribution in [0.15, 0.2) is 11.6 Å². The van der Waals surface area contributed by atoms with Crippen molar-refractivity contribution in [1.29, 1.82) is 0 Å². The van der Waals surface area contributed by atoms with E-state index in [4.69, 9.17) is 11.5 Å². The highest BCUT2D eigenvalue weighted by Gasteiger charge is 2.61. The van der Waals surface area contributed by atoms with E-state index in [0.717, 1.165) is 64.2 Å². The number of terminal acetylenes is 1. The molecule has 4 nitrogen and oxygen atoms in total. The number of fused-ring (bicyclic) bond motifs is 5. The fourth-order valence-corrected chi connectivity index (χ4v) is 7.14. The molecule has 3 saturated carbocycles. The molecule has 4 rings (SSSR count). The summed E-state index contributed by atoms with van der Waals surface area (Å²) < 4.78 is 0. The SMILES string of the molecule is C#C[C@]1(O)CC[C@H]2[C@@H]3CCC4=CC(=O)CC[C@@H]4[C@H]3CC[C@@]21C.CCCCCCC(=O)O. The van der Waals surface area contributed by atoms with Crippen molar-refractivity contribution in [3.8, 4) is 12.3 Å². The number of rotatable bonds is 5. The van der Waals surface area contributed by atoms with E-state index in [9.17, 15) is 14.7 Å². The predicted molar refractivity (Wildman–Crippen MR) is 122 cm³/mol. The Labute approximate surface area is 187 Å². The second-order valence-electron chi connectivity index (χ2n) is 10.5. The van der Waals surface area contributed by atoms with Gasteiger partial charge in [-0.3, -0.25) is 9.59 Å². The Morgan fingerprint density at radius 1 is 1.13 bits per heavy atom. The first-order valence-electron chi connectivity index (χ1n) is 12.4. The Morgan fingerprint density at radius 2 is 1.90 bits per heavy atom. The Kier molecular flexibility index (Phi) is 7.68. The van der Waals surface area contributed by atoms with Crippen LogP contribution >= 0.6 is 0 Å². The molecule has 4 heteroatoms. The standard InChI is InChI=1S/C20H26O2.C7H14O2/c1-3-20(22)11-9-18-17-6-4-13-12-14(21)5-7-15(13)16(17)8-10-19(18,20)2;1-2-3-4-5-6-7(8)9/h1,12,15-18,22H,4-11H2,2H3;2-6H2,1H3,(H,8,9)/t15-,16+,17+,18-,19-,20-;/m0./s1. The summed E-state index contributed by atoms with van der Waals surface area (Å²) in [5.41, 5.74) is 0.418. The molecule has 0 unspecified atom stereocenters. The number of hydrogen-bond donors (Lipinski definition) is 2. The van der Waals surface area contributed by atoms with Crippen LogP contribution in [0.5, 0.6) is 0 Å². The van der Waals surface area contributed by atoms with Gasteiger partial charge in [0.25, 0.3) is 0 Å². The fourth-order valence-electron chi connectivity index (χ4n) is 7.14. The van der Waals surface area contributed by atoms with Gasteiger partial charge in [0.05, 0.1) is 0 Å². The maximum Gasteiger partial charge on any atom is 0.303 e. The number of aliphatic carboxylic acids is 1. The molecule has 4 aliphatic rings. The molecule has 2 N–H and O–H groups in total. The lowest BCUT2D eigenvalue weighted by atomic mass is 9.50. The van der Waals surface area contributed by atoms with Crippen LogP contribution in [-0.4, -0.2) is 27.6 Å². The molecule has 0 bridgehead atoms. The quantitative estimate of drug-likeness (QED) is 0.446. The number of carbonyl (C=O) groups excluding carboxylic acids is 1. The zero-order valence-electron chi connectivity index (χ0n) is 19.4. The van der Waals surface area contributed by atoms with Gasteiger partial charge in [-0.05, 0) is 81.1 Å². The Hall–Kier alpha value is -1.60. The van der Waals surface area contributed by atoms with Gasteiger partial charge in [-0.15, -0.1) is 6.42 Å². The van der Waals surface area contributed by atoms with Crippen LogP contribution < -0.4 is 0 Å². The molecule has 0 aliphatic heterocycles. The average molecular weight is 429 g/mol. The maximum absolute atomic E-state index is 11.7. The average Bonchev–Trinajstić information content (AvgIpc) is 3.02. The number of ketones is 1. The summed E-state index contributed by atoms with van der Waals surface area (Å²) in [4.78, 5) is 21.7. The van der Waals surface area contributed by atoms with Crippen molar-refractivity contribution in [3.05, 3.63) is 11.6 Å². The normalized spacial score (nSPS) is 38.5. The molecule has 172 valence electrons. The number of aliphatic hydroxyl groups is 1. The summed E-state index contributed by atoms with van der Waals surface area (Å²) in [5.74, 6) is 4.98. The Balaban J connectivity index is 0.000000259. The number of allylic oxidation sites excluding steroid dienone is 1. The summed E-state index contributed by atoms with van der Waals surface area (Å²) in [6, 6.07) is 0. The van der Waals surface area contributed by atoms with Crippen LogP contribution in [-0.2, 0) is 9.59 Å². The zero-order chi connectivity index (χ0) is 22.6. The van der Waals surface area contributed by atoms with E-state index in [2.05, 4.69) is 19.8 Å². The van der Waals surface area contributed by atoms with E-state index in [0.29, 0.717) is 35.9 Å². The summed E-state index contributed by atoms with van der Waals surface area (Å²) in [6.45, 7) is 4.34. The molecule has 0 radical (unpaired) electrons. The third-order valence-electron chi connectivity index (χ3n) is 8.93. The van der Waals surface area contributed by atoms with Crippen LogP contribution in [0.3, 0.4) is 0 Å². The number of carboxylic acids is 1. The number of hydrogen-bond acceptors (Lipinski definition) is 3. The summed E-state index contributed by atoms with van der Waals surface area (Å²) >= 11 is 0. The topological polar surface area (TPSA) is 74.6 Å². The van der Waals surface area contributed by atoms with Crippen molar-refractivity contribution < 1.29 is 19.8 Å². The maximum atomic E-state index is 11.7. The van der Waals surface area contributed by atoms with E-state index in [-0.39, 0.29) is 5.41 Å². The highest BCUT2D eigenvalue weighted by molar-refractivity contribution is 5.91. The summed E-state index contributed by atoms with van der Waals surface area (Å²) in [7, 11) is 0. The minimum Gasteiger partial charge on any atom is -0.481 e. The van der Waals surface area contributed by atoms with Crippen LogP contribution in [0.2, 0.25) is 0 Å². The molecule has 0 spiro atoms. The van der Waals surface area contributed by atoms with Gasteiger partial charge < -0.3 is 10.2 Å². The Bertz CT molecular complexity index is 747. The lowest BCUT2D eigenvalue weighted by Crippen LogP contribution is -2.52. The van der Waals surface area contributed by atoms with Crippen molar-refractivity contribution in [2.45, 2.75) is 103 Å². The molecule has 3 fully saturated rings. The molecular weight excluding hydrogens is 388 g/mol. The Morgan fingerprint density at radius 3 is 2.58 bits per heavy atom. The van der Waals surface area contributed by atoms with E-state index >= 15 is 0 Å². The van der Waals surface area contributed by atoms with Crippen LogP contribution in [0.1, 0.15) is 97.3 Å². The van der Waals surface area contributed by atoms with Gasteiger partial charge in [0.1, 0.15) is 5.60 Å². The molecule has 0 saturated heterocycles. The molecule has 4 aliphatic carbocycles. The van der Waals surface area contributed by atoms with E-state index < -0.39 is 11.6 Å². The molecule has 6 atom stereocenters. The molecule has 0 heterocycles. The number of carbonyl (C=O) groups is 2. The minimum atomic E-state index is -0.902. The predicted octanol–water partition coefficient (Wildman–Crippen LogP) is 5.53. The van der Waals surface area contributed by atoms with Gasteiger partial charge in [-0.25, -0.2) is 0 Å². The van der Waals surface area contributed by atoms with Crippen molar-refractivity contribution in [1.82, 2.24) is 0 Å². The van der Waals surface area contributed by atoms with Crippen molar-refractivity contribution in [3.63, 3.8) is 0 Å². The van der Waals surface area contributed by atoms with Crippen molar-refractivity contribution >= 4 is 11.8 Å². The first-order valence-corrected chi connectivity index (χ1v) is 12.4. The van der Waals surface area contributed by atoms with Gasteiger partial charge in [0, 0.05) is 18.3 Å². The molecule has 0 amide bonds. The molecule has 0 aromatic heterocycles. The van der Waals surface area contributed by atoms with Crippen LogP contribution in [0, 0.1) is 41.4 Å². The van der Waals surface area contributed by atoms with E-state index in [1.54, 1.807) is 0 Å². The molecule has 0 aromatic carbocycles. The molecule has 0 aromatic rings. The second kappa shape index (κ2) is 9.90. The van der Waals surface area contributed by atoms with Gasteiger partial charge in [-0.1, -0.05) is 44.6 Å². The first kappa shape index (κ1) is 24.1. The zero-order valence-corrected chi connectivity index (χ0v) is 19.4. The van der Waals surface area contributed by atoms with Crippen molar-refractivity contribution in [2.75, 3.05) is 0 Å². The van der Waals surface area contributed by atoms with Gasteiger partial charge in [0.15, 0.2) is 5.78 Å². The molecule has 31 heavy (non-hydrogen) atoms. The van der Waals surface area contributed by atoms with Crippen molar-refractivity contribution in [2.24, 2.45) is 29.1 Å². The van der Waals surface area contributed by atoms with Gasteiger partial charge in [0.2, 0.25) is 0 Å². The third-order valence-corrected chi connectivity index (χ3v) is 8.93. The second-order valence-corrected chi connectivity index (χ2v) is 10.5. The first-order chi connectivity index (χ1) is 14.8. The van der Waals surface area contributed by atoms with Crippen LogP contribution in [0.25, 0.3) is 0 Å². The minimum absolute atomic E-state index is 0.103. The van der Waals surface area contributed by atoms with E-state index in [1.165, 1.54) is 18.4 Å². The molecular formula is C27H40O4. The van der Waals surface area contributed by atoms with E-state index in [1.807, 2.05) is 6.08 Å². The van der Waals surface area contributed by atoms with Gasteiger partial charge >= 0.3 is 5.97 Å². The third kappa shape index (κ3) is 4.77. The highest BCUT2D eigenvalue weighted by Crippen LogP contribution is 2.64. The monoisotopic (exact) mass is 428 g/mol. The smallest absolute Gasteiger partial charge is 0.303 e. The highest BCUT2D eigenvalue weighted by atomic mass is 16.4. The fraction of sp³-hybridized carbons (Fsp3) is 0.778. The lowest BCUT2D eigenvalue weighted by Gasteiger charge is -2.54.